The van der Waals surface area contributed by atoms with E-state index in [0.717, 1.165) is 24.2 Å². The maximum atomic E-state index is 13.2. The number of hydrogen-bond acceptors (Lipinski definition) is 7. The van der Waals surface area contributed by atoms with E-state index in [1.165, 1.54) is 34.9 Å². The van der Waals surface area contributed by atoms with Crippen molar-refractivity contribution < 1.29 is 19.2 Å². The second-order valence-corrected chi connectivity index (χ2v) is 9.26. The SMILES string of the molecule is CCOC(=O)/C=c1\s/c(=C/c2cc([N+](=O)[O-])ccc2Cl)c(=O)n1CC(=O)N1CCCC(C)C1. The van der Waals surface area contributed by atoms with Crippen molar-refractivity contribution in [3.05, 3.63) is 58.4 Å². The van der Waals surface area contributed by atoms with Gasteiger partial charge in [0.2, 0.25) is 5.91 Å². The van der Waals surface area contributed by atoms with Crippen molar-refractivity contribution >= 4 is 52.7 Å². The standard InChI is InChI=1S/C22H24ClN3O6S/c1-3-32-21(28)11-20-25(13-19(27)24-8-4-5-14(2)12-24)22(29)18(33-20)10-15-9-16(26(30)31)6-7-17(15)23/h6-7,9-11,14H,3-5,8,12-13H2,1-2H3/b18-10+,20-11-. The number of rotatable bonds is 6. The number of ether oxygens (including phenoxy) is 1. The highest BCUT2D eigenvalue weighted by molar-refractivity contribution is 7.07. The molecule has 0 spiro atoms. The fourth-order valence-corrected chi connectivity index (χ4v) is 4.82. The molecule has 0 bridgehead atoms. The summed E-state index contributed by atoms with van der Waals surface area (Å²) in [6, 6.07) is 3.91. The van der Waals surface area contributed by atoms with E-state index in [1.54, 1.807) is 11.8 Å². The molecule has 0 saturated carbocycles. The number of piperidine rings is 1. The first-order valence-corrected chi connectivity index (χ1v) is 11.7. The number of carbonyl (C=O) groups is 2. The number of nitrogens with zero attached hydrogens (tertiary/aromatic N) is 3. The zero-order chi connectivity index (χ0) is 24.1. The van der Waals surface area contributed by atoms with Gasteiger partial charge in [-0.15, -0.1) is 11.3 Å². The first kappa shape index (κ1) is 24.7. The molecule has 1 saturated heterocycles. The minimum absolute atomic E-state index is 0.164. The predicted octanol–water partition coefficient (Wildman–Crippen LogP) is 1.90. The monoisotopic (exact) mass is 493 g/mol. The molecule has 1 aromatic heterocycles. The maximum Gasteiger partial charge on any atom is 0.333 e. The molecule has 1 atom stereocenters. The minimum atomic E-state index is -0.633. The molecule has 33 heavy (non-hydrogen) atoms. The van der Waals surface area contributed by atoms with Gasteiger partial charge < -0.3 is 9.64 Å². The summed E-state index contributed by atoms with van der Waals surface area (Å²) in [4.78, 5) is 50.4. The molecule has 1 amide bonds. The van der Waals surface area contributed by atoms with Crippen LogP contribution in [0.1, 0.15) is 32.3 Å². The van der Waals surface area contributed by atoms with Gasteiger partial charge in [0.05, 0.1) is 22.1 Å². The Balaban J connectivity index is 2.08. The van der Waals surface area contributed by atoms with E-state index in [1.807, 2.05) is 0 Å². The Morgan fingerprint density at radius 2 is 2.15 bits per heavy atom. The topological polar surface area (TPSA) is 112 Å². The summed E-state index contributed by atoms with van der Waals surface area (Å²) in [5.74, 6) is -0.460. The Morgan fingerprint density at radius 1 is 1.39 bits per heavy atom. The van der Waals surface area contributed by atoms with Gasteiger partial charge in [-0.05, 0) is 37.8 Å². The Bertz CT molecular complexity index is 1250. The van der Waals surface area contributed by atoms with Gasteiger partial charge in [-0.1, -0.05) is 18.5 Å². The molecule has 2 heterocycles. The van der Waals surface area contributed by atoms with Gasteiger partial charge in [-0.25, -0.2) is 4.79 Å². The number of benzene rings is 1. The lowest BCUT2D eigenvalue weighted by Gasteiger charge is -2.31. The average molecular weight is 494 g/mol. The van der Waals surface area contributed by atoms with Crippen LogP contribution in [0.3, 0.4) is 0 Å². The van der Waals surface area contributed by atoms with E-state index in [9.17, 15) is 24.5 Å². The van der Waals surface area contributed by atoms with E-state index in [-0.39, 0.29) is 44.5 Å². The van der Waals surface area contributed by atoms with Gasteiger partial charge in [0, 0.05) is 35.8 Å². The number of nitro benzene ring substituents is 1. The number of non-ortho nitro benzene ring substituents is 1. The van der Waals surface area contributed by atoms with Gasteiger partial charge in [-0.3, -0.25) is 24.3 Å². The fraction of sp³-hybridized carbons (Fsp3) is 0.409. The highest BCUT2D eigenvalue weighted by Gasteiger charge is 2.22. The number of esters is 1. The Hall–Kier alpha value is -2.98. The molecule has 1 fully saturated rings. The summed E-state index contributed by atoms with van der Waals surface area (Å²) in [6.07, 6.45) is 4.55. The van der Waals surface area contributed by atoms with Gasteiger partial charge in [0.15, 0.2) is 0 Å². The van der Waals surface area contributed by atoms with Crippen molar-refractivity contribution in [2.45, 2.75) is 33.2 Å². The summed E-state index contributed by atoms with van der Waals surface area (Å²) in [7, 11) is 0. The molecule has 1 aliphatic heterocycles. The van der Waals surface area contributed by atoms with Crippen molar-refractivity contribution in [2.75, 3.05) is 19.7 Å². The number of aromatic nitrogens is 1. The van der Waals surface area contributed by atoms with Crippen molar-refractivity contribution in [1.29, 1.82) is 0 Å². The Kier molecular flexibility index (Phi) is 8.04. The molecule has 1 unspecified atom stereocenters. The summed E-state index contributed by atoms with van der Waals surface area (Å²) >= 11 is 7.16. The first-order valence-electron chi connectivity index (χ1n) is 10.5. The molecule has 9 nitrogen and oxygen atoms in total. The molecule has 3 rings (SSSR count). The molecular formula is C22H24ClN3O6S. The molecule has 0 aliphatic carbocycles. The smallest absolute Gasteiger partial charge is 0.333 e. The number of likely N-dealkylation sites (tertiary alicyclic amines) is 1. The van der Waals surface area contributed by atoms with E-state index in [0.29, 0.717) is 19.0 Å². The lowest BCUT2D eigenvalue weighted by Crippen LogP contribution is -2.44. The van der Waals surface area contributed by atoms with Crippen molar-refractivity contribution in [3.63, 3.8) is 0 Å². The summed E-state index contributed by atoms with van der Waals surface area (Å²) in [5.41, 5.74) is -0.373. The summed E-state index contributed by atoms with van der Waals surface area (Å²) in [6.45, 7) is 4.93. The number of halogens is 1. The lowest BCUT2D eigenvalue weighted by molar-refractivity contribution is -0.384. The van der Waals surface area contributed by atoms with Gasteiger partial charge >= 0.3 is 5.97 Å². The van der Waals surface area contributed by atoms with Crippen LogP contribution in [0.25, 0.3) is 12.2 Å². The summed E-state index contributed by atoms with van der Waals surface area (Å²) < 4.78 is 6.64. The van der Waals surface area contributed by atoms with Crippen molar-refractivity contribution in [1.82, 2.24) is 9.47 Å². The maximum absolute atomic E-state index is 13.2. The number of nitro groups is 1. The van der Waals surface area contributed by atoms with Crippen LogP contribution in [0, 0.1) is 16.0 Å². The van der Waals surface area contributed by atoms with Crippen LogP contribution < -0.4 is 14.8 Å². The first-order chi connectivity index (χ1) is 15.7. The molecule has 0 radical (unpaired) electrons. The Labute approximate surface area is 198 Å². The molecule has 11 heteroatoms. The minimum Gasteiger partial charge on any atom is -0.463 e. The van der Waals surface area contributed by atoms with E-state index in [2.05, 4.69) is 6.92 Å². The Morgan fingerprint density at radius 3 is 2.82 bits per heavy atom. The molecule has 1 aliphatic rings. The van der Waals surface area contributed by atoms with E-state index in [4.69, 9.17) is 16.3 Å². The van der Waals surface area contributed by atoms with Crippen molar-refractivity contribution in [3.8, 4) is 0 Å². The predicted molar refractivity (Wildman–Crippen MR) is 126 cm³/mol. The number of thiazole rings is 1. The van der Waals surface area contributed by atoms with Crippen LogP contribution in [0.2, 0.25) is 5.02 Å². The van der Waals surface area contributed by atoms with Crippen LogP contribution in [-0.4, -0.2) is 46.0 Å². The van der Waals surface area contributed by atoms with Gasteiger partial charge in [-0.2, -0.15) is 0 Å². The summed E-state index contributed by atoms with van der Waals surface area (Å²) in [5, 5.41) is 11.3. The number of hydrogen-bond donors (Lipinski definition) is 0. The number of amides is 1. The van der Waals surface area contributed by atoms with Crippen LogP contribution in [0.5, 0.6) is 0 Å². The van der Waals surface area contributed by atoms with Crippen LogP contribution in [-0.2, 0) is 20.9 Å². The van der Waals surface area contributed by atoms with Crippen molar-refractivity contribution in [2.24, 2.45) is 5.92 Å². The molecule has 1 aromatic carbocycles. The lowest BCUT2D eigenvalue weighted by atomic mass is 10.0. The molecule has 0 N–H and O–H groups in total. The third-order valence-electron chi connectivity index (χ3n) is 5.24. The normalized spacial score (nSPS) is 17.3. The molecule has 176 valence electrons. The second-order valence-electron chi connectivity index (χ2n) is 7.79. The van der Waals surface area contributed by atoms with Crippen LogP contribution in [0.4, 0.5) is 5.69 Å². The molecule has 2 aromatic rings. The third-order valence-corrected chi connectivity index (χ3v) is 6.65. The fourth-order valence-electron chi connectivity index (χ4n) is 3.63. The zero-order valence-corrected chi connectivity index (χ0v) is 19.9. The van der Waals surface area contributed by atoms with E-state index < -0.39 is 16.5 Å². The van der Waals surface area contributed by atoms with Gasteiger partial charge in [0.1, 0.15) is 11.2 Å². The quantitative estimate of drug-likeness (QED) is 0.345. The average Bonchev–Trinajstić information content (AvgIpc) is 3.04. The second kappa shape index (κ2) is 10.8. The van der Waals surface area contributed by atoms with Crippen LogP contribution in [0.15, 0.2) is 23.0 Å². The largest absolute Gasteiger partial charge is 0.463 e. The van der Waals surface area contributed by atoms with Gasteiger partial charge in [0.25, 0.3) is 11.2 Å². The van der Waals surface area contributed by atoms with E-state index >= 15 is 0 Å². The number of carbonyl (C=O) groups excluding carboxylic acids is 2. The molecular weight excluding hydrogens is 470 g/mol. The highest BCUT2D eigenvalue weighted by atomic mass is 35.5. The third kappa shape index (κ3) is 6.08. The van der Waals surface area contributed by atoms with Crippen LogP contribution >= 0.6 is 22.9 Å². The highest BCUT2D eigenvalue weighted by Crippen LogP contribution is 2.22. The zero-order valence-electron chi connectivity index (χ0n) is 18.3.